The van der Waals surface area contributed by atoms with E-state index in [9.17, 15) is 27.2 Å². The Morgan fingerprint density at radius 1 is 1.21 bits per heavy atom. The van der Waals surface area contributed by atoms with Gasteiger partial charge in [0.1, 0.15) is 17.9 Å². The number of carbonyl (C=O) groups is 3. The van der Waals surface area contributed by atoms with E-state index in [1.54, 1.807) is 0 Å². The van der Waals surface area contributed by atoms with Crippen molar-refractivity contribution in [1.82, 2.24) is 19.8 Å². The molecule has 0 spiro atoms. The standard InChI is InChI=1S/C18H23FN4O5S/c1-12(24)22-9-10-23(29(27,28)14-6-4-13(19)5-7-14)16(11-22)18(26)21-15-3-2-8-20-17(15)25/h4-7,15-16H,2-3,8-11H2,1H3,(H,20,25)(H,21,26)/t15-,16+/m0/s1. The summed E-state index contributed by atoms with van der Waals surface area (Å²) in [6.45, 7) is 1.78. The number of nitrogens with zero attached hydrogens (tertiary/aromatic N) is 2. The van der Waals surface area contributed by atoms with Gasteiger partial charge < -0.3 is 15.5 Å². The third kappa shape index (κ3) is 4.56. The van der Waals surface area contributed by atoms with Crippen molar-refractivity contribution >= 4 is 27.7 Å². The lowest BCUT2D eigenvalue weighted by molar-refractivity contribution is -0.136. The Balaban J connectivity index is 1.87. The second kappa shape index (κ2) is 8.46. The van der Waals surface area contributed by atoms with Crippen LogP contribution >= 0.6 is 0 Å². The average Bonchev–Trinajstić information content (AvgIpc) is 2.69. The van der Waals surface area contributed by atoms with E-state index in [1.165, 1.54) is 11.8 Å². The van der Waals surface area contributed by atoms with Crippen LogP contribution in [0.15, 0.2) is 29.2 Å². The quantitative estimate of drug-likeness (QED) is 0.670. The van der Waals surface area contributed by atoms with E-state index < -0.39 is 33.8 Å². The van der Waals surface area contributed by atoms with Crippen LogP contribution in [0, 0.1) is 5.82 Å². The third-order valence-electron chi connectivity index (χ3n) is 5.10. The number of hydrogen-bond donors (Lipinski definition) is 2. The summed E-state index contributed by atoms with van der Waals surface area (Å²) in [4.78, 5) is 37.9. The average molecular weight is 426 g/mol. The van der Waals surface area contributed by atoms with Crippen LogP contribution in [-0.2, 0) is 24.4 Å². The smallest absolute Gasteiger partial charge is 0.243 e. The number of rotatable bonds is 4. The van der Waals surface area contributed by atoms with Crippen LogP contribution in [0.3, 0.4) is 0 Å². The minimum absolute atomic E-state index is 0.0890. The fourth-order valence-corrected chi connectivity index (χ4v) is 5.04. The minimum Gasteiger partial charge on any atom is -0.354 e. The van der Waals surface area contributed by atoms with Crippen molar-refractivity contribution in [1.29, 1.82) is 0 Å². The molecule has 3 amide bonds. The van der Waals surface area contributed by atoms with Crippen molar-refractivity contribution in [2.24, 2.45) is 0 Å². The molecule has 0 aromatic heterocycles. The van der Waals surface area contributed by atoms with Crippen molar-refractivity contribution in [3.05, 3.63) is 30.1 Å². The highest BCUT2D eigenvalue weighted by Crippen LogP contribution is 2.22. The van der Waals surface area contributed by atoms with Gasteiger partial charge in [-0.3, -0.25) is 14.4 Å². The molecule has 2 atom stereocenters. The first kappa shape index (κ1) is 21.2. The molecule has 3 rings (SSSR count). The van der Waals surface area contributed by atoms with Gasteiger partial charge in [0.15, 0.2) is 0 Å². The van der Waals surface area contributed by atoms with Gasteiger partial charge in [0, 0.05) is 33.1 Å². The molecule has 2 heterocycles. The summed E-state index contributed by atoms with van der Waals surface area (Å²) in [6, 6.07) is 2.37. The normalized spacial score (nSPS) is 23.4. The number of piperazine rings is 1. The molecule has 1 aromatic rings. The molecule has 2 aliphatic rings. The van der Waals surface area contributed by atoms with E-state index in [1.807, 2.05) is 0 Å². The third-order valence-corrected chi connectivity index (χ3v) is 7.02. The SMILES string of the molecule is CC(=O)N1CCN(S(=O)(=O)c2ccc(F)cc2)[C@@H](C(=O)N[C@H]2CCCNC2=O)C1. The number of carbonyl (C=O) groups excluding carboxylic acids is 3. The second-order valence-corrected chi connectivity index (χ2v) is 8.94. The molecule has 0 radical (unpaired) electrons. The lowest BCUT2D eigenvalue weighted by atomic mass is 10.1. The van der Waals surface area contributed by atoms with Crippen molar-refractivity contribution < 1.29 is 27.2 Å². The molecule has 2 N–H and O–H groups in total. The summed E-state index contributed by atoms with van der Waals surface area (Å²) in [7, 11) is -4.11. The van der Waals surface area contributed by atoms with Crippen molar-refractivity contribution in [3.8, 4) is 0 Å². The highest BCUT2D eigenvalue weighted by Gasteiger charge is 2.41. The van der Waals surface area contributed by atoms with Crippen LogP contribution in [0.2, 0.25) is 0 Å². The first-order valence-electron chi connectivity index (χ1n) is 9.31. The van der Waals surface area contributed by atoms with E-state index in [4.69, 9.17) is 0 Å². The number of piperidine rings is 1. The summed E-state index contributed by atoms with van der Waals surface area (Å²) in [5.74, 6) is -1.83. The largest absolute Gasteiger partial charge is 0.354 e. The maximum Gasteiger partial charge on any atom is 0.243 e. The molecule has 29 heavy (non-hydrogen) atoms. The predicted molar refractivity (Wildman–Crippen MR) is 101 cm³/mol. The second-order valence-electron chi connectivity index (χ2n) is 7.04. The molecule has 0 bridgehead atoms. The lowest BCUT2D eigenvalue weighted by Gasteiger charge is -2.39. The number of hydrogen-bond acceptors (Lipinski definition) is 5. The number of sulfonamides is 1. The van der Waals surface area contributed by atoms with E-state index in [2.05, 4.69) is 10.6 Å². The van der Waals surface area contributed by atoms with Gasteiger partial charge in [-0.2, -0.15) is 4.31 Å². The molecule has 2 fully saturated rings. The fraction of sp³-hybridized carbons (Fsp3) is 0.500. The Kier molecular flexibility index (Phi) is 6.18. The Hall–Kier alpha value is -2.53. The van der Waals surface area contributed by atoms with Crippen LogP contribution in [0.25, 0.3) is 0 Å². The van der Waals surface area contributed by atoms with Gasteiger partial charge in [0.05, 0.1) is 4.90 Å². The summed E-state index contributed by atoms with van der Waals surface area (Å²) in [6.07, 6.45) is 1.14. The van der Waals surface area contributed by atoms with Gasteiger partial charge in [-0.25, -0.2) is 12.8 Å². The maximum atomic E-state index is 13.2. The number of amides is 3. The first-order chi connectivity index (χ1) is 13.7. The van der Waals surface area contributed by atoms with Crippen molar-refractivity contribution in [2.45, 2.75) is 36.7 Å². The maximum absolute atomic E-state index is 13.2. The Morgan fingerprint density at radius 3 is 2.52 bits per heavy atom. The van der Waals surface area contributed by atoms with Crippen LogP contribution < -0.4 is 10.6 Å². The van der Waals surface area contributed by atoms with Crippen LogP contribution in [0.5, 0.6) is 0 Å². The van der Waals surface area contributed by atoms with Crippen LogP contribution in [-0.4, -0.2) is 73.6 Å². The molecule has 11 heteroatoms. The predicted octanol–water partition coefficient (Wildman–Crippen LogP) is -0.558. The zero-order chi connectivity index (χ0) is 21.2. The molecular formula is C18H23FN4O5S. The van der Waals surface area contributed by atoms with E-state index >= 15 is 0 Å². The Bertz CT molecular complexity index is 905. The molecule has 0 unspecified atom stereocenters. The van der Waals surface area contributed by atoms with Crippen LogP contribution in [0.1, 0.15) is 19.8 Å². The van der Waals surface area contributed by atoms with Gasteiger partial charge in [-0.1, -0.05) is 0 Å². The summed E-state index contributed by atoms with van der Waals surface area (Å²) in [5, 5.41) is 5.26. The molecule has 1 aromatic carbocycles. The van der Waals surface area contributed by atoms with Crippen molar-refractivity contribution in [3.63, 3.8) is 0 Å². The molecule has 158 valence electrons. The van der Waals surface area contributed by atoms with Gasteiger partial charge in [-0.15, -0.1) is 0 Å². The lowest BCUT2D eigenvalue weighted by Crippen LogP contribution is -2.63. The fourth-order valence-electron chi connectivity index (χ4n) is 3.47. The van der Waals surface area contributed by atoms with E-state index in [-0.39, 0.29) is 36.3 Å². The van der Waals surface area contributed by atoms with Crippen molar-refractivity contribution in [2.75, 3.05) is 26.2 Å². The zero-order valence-electron chi connectivity index (χ0n) is 15.9. The monoisotopic (exact) mass is 426 g/mol. The van der Waals surface area contributed by atoms with Gasteiger partial charge in [0.25, 0.3) is 0 Å². The molecule has 0 saturated carbocycles. The van der Waals surface area contributed by atoms with Gasteiger partial charge in [0.2, 0.25) is 27.7 Å². The van der Waals surface area contributed by atoms with Crippen LogP contribution in [0.4, 0.5) is 4.39 Å². The van der Waals surface area contributed by atoms with E-state index in [0.717, 1.165) is 28.6 Å². The summed E-state index contributed by atoms with van der Waals surface area (Å²) in [5.41, 5.74) is 0. The molecule has 2 saturated heterocycles. The van der Waals surface area contributed by atoms with Gasteiger partial charge in [-0.05, 0) is 37.1 Å². The van der Waals surface area contributed by atoms with Gasteiger partial charge >= 0.3 is 0 Å². The molecule has 0 aliphatic carbocycles. The van der Waals surface area contributed by atoms with E-state index in [0.29, 0.717) is 19.4 Å². The molecular weight excluding hydrogens is 403 g/mol. The molecule has 9 nitrogen and oxygen atoms in total. The number of benzene rings is 1. The molecule has 2 aliphatic heterocycles. The highest BCUT2D eigenvalue weighted by atomic mass is 32.2. The summed E-state index contributed by atoms with van der Waals surface area (Å²) < 4.78 is 40.4. The summed E-state index contributed by atoms with van der Waals surface area (Å²) >= 11 is 0. The minimum atomic E-state index is -4.11. The zero-order valence-corrected chi connectivity index (χ0v) is 16.7. The Labute approximate surface area is 168 Å². The highest BCUT2D eigenvalue weighted by molar-refractivity contribution is 7.89. The first-order valence-corrected chi connectivity index (χ1v) is 10.7. The Morgan fingerprint density at radius 2 is 1.90 bits per heavy atom. The number of nitrogens with one attached hydrogen (secondary N) is 2. The number of halogens is 1. The topological polar surface area (TPSA) is 116 Å².